The Kier molecular flexibility index (Phi) is 5.15. The van der Waals surface area contributed by atoms with Gasteiger partial charge in [0.1, 0.15) is 5.82 Å². The average molecular weight is 337 g/mol. The smallest absolute Gasteiger partial charge is 0.254 e. The number of nitrogens with one attached hydrogen (secondary N) is 1. The Morgan fingerprint density at radius 2 is 2.16 bits per heavy atom. The number of hydrogen-bond acceptors (Lipinski definition) is 5. The molecule has 0 spiro atoms. The second-order valence-electron chi connectivity index (χ2n) is 5.64. The number of carbonyl (C=O) groups excluding carboxylic acids is 1. The van der Waals surface area contributed by atoms with Gasteiger partial charge in [-0.05, 0) is 30.7 Å². The number of nitrogens with zero attached hydrogens (tertiary/aromatic N) is 4. The summed E-state index contributed by atoms with van der Waals surface area (Å²) in [7, 11) is 0. The maximum absolute atomic E-state index is 12.9. The van der Waals surface area contributed by atoms with E-state index < -0.39 is 0 Å². The van der Waals surface area contributed by atoms with E-state index in [-0.39, 0.29) is 19.1 Å². The first-order chi connectivity index (χ1) is 12.2. The first kappa shape index (κ1) is 16.8. The van der Waals surface area contributed by atoms with Gasteiger partial charge in [-0.2, -0.15) is 5.10 Å². The second-order valence-corrected chi connectivity index (χ2v) is 5.64. The molecule has 0 radical (unpaired) electrons. The molecule has 2 aromatic heterocycles. The van der Waals surface area contributed by atoms with Crippen molar-refractivity contribution in [3.63, 3.8) is 0 Å². The molecule has 25 heavy (non-hydrogen) atoms. The van der Waals surface area contributed by atoms with Crippen molar-refractivity contribution in [3.8, 4) is 11.4 Å². The first-order valence-electron chi connectivity index (χ1n) is 7.96. The molecule has 0 atom stereocenters. The van der Waals surface area contributed by atoms with Crippen molar-refractivity contribution >= 4 is 5.91 Å². The number of carbonyl (C=O) groups is 1. The molecule has 0 fully saturated rings. The van der Waals surface area contributed by atoms with Crippen LogP contribution in [0.2, 0.25) is 0 Å². The van der Waals surface area contributed by atoms with Crippen LogP contribution in [0.25, 0.3) is 11.4 Å². The predicted octanol–water partition coefficient (Wildman–Crippen LogP) is 1.81. The number of hydrogen-bond donors (Lipinski definition) is 2. The third-order valence-electron chi connectivity index (χ3n) is 3.72. The van der Waals surface area contributed by atoms with Gasteiger partial charge in [0.05, 0.1) is 6.61 Å². The van der Waals surface area contributed by atoms with E-state index >= 15 is 0 Å². The van der Waals surface area contributed by atoms with E-state index in [1.165, 1.54) is 0 Å². The number of H-pyrrole nitrogens is 1. The second kappa shape index (κ2) is 7.67. The van der Waals surface area contributed by atoms with Gasteiger partial charge in [0.25, 0.3) is 5.91 Å². The Bertz CT molecular complexity index is 847. The lowest BCUT2D eigenvalue weighted by Gasteiger charge is -2.22. The van der Waals surface area contributed by atoms with E-state index in [2.05, 4.69) is 20.2 Å². The molecule has 7 nitrogen and oxygen atoms in total. The third-order valence-corrected chi connectivity index (χ3v) is 3.72. The van der Waals surface area contributed by atoms with Crippen molar-refractivity contribution in [3.05, 3.63) is 65.7 Å². The fourth-order valence-electron chi connectivity index (χ4n) is 2.53. The highest BCUT2D eigenvalue weighted by Crippen LogP contribution is 2.18. The SMILES string of the molecule is Cc1nc(-c2cccc(C(=O)N(CCO)Cc3cccnc3)c2)n[nH]1. The molecule has 0 aliphatic rings. The van der Waals surface area contributed by atoms with E-state index in [1.54, 1.807) is 35.5 Å². The van der Waals surface area contributed by atoms with Crippen LogP contribution >= 0.6 is 0 Å². The van der Waals surface area contributed by atoms with Crippen LogP contribution in [0.5, 0.6) is 0 Å². The van der Waals surface area contributed by atoms with Crippen LogP contribution in [0, 0.1) is 6.92 Å². The minimum atomic E-state index is -0.160. The Morgan fingerprint density at radius 1 is 1.28 bits per heavy atom. The number of aryl methyl sites for hydroxylation is 1. The minimum Gasteiger partial charge on any atom is -0.395 e. The molecule has 0 bridgehead atoms. The number of aliphatic hydroxyl groups excluding tert-OH is 1. The molecule has 0 aliphatic heterocycles. The number of pyridine rings is 1. The van der Waals surface area contributed by atoms with E-state index in [0.29, 0.717) is 23.8 Å². The molecule has 0 unspecified atom stereocenters. The molecule has 0 saturated heterocycles. The zero-order chi connectivity index (χ0) is 17.6. The molecule has 3 rings (SSSR count). The van der Waals surface area contributed by atoms with Crippen LogP contribution in [0.3, 0.4) is 0 Å². The lowest BCUT2D eigenvalue weighted by molar-refractivity contribution is 0.0707. The Morgan fingerprint density at radius 3 is 2.84 bits per heavy atom. The van der Waals surface area contributed by atoms with Gasteiger partial charge in [-0.3, -0.25) is 14.9 Å². The van der Waals surface area contributed by atoms with E-state index in [0.717, 1.165) is 11.1 Å². The Balaban J connectivity index is 1.84. The average Bonchev–Trinajstić information content (AvgIpc) is 3.08. The lowest BCUT2D eigenvalue weighted by atomic mass is 10.1. The molecule has 1 amide bonds. The fraction of sp³-hybridized carbons (Fsp3) is 0.222. The molecular formula is C18H19N5O2. The molecule has 0 aliphatic carbocycles. The minimum absolute atomic E-state index is 0.105. The predicted molar refractivity (Wildman–Crippen MR) is 92.6 cm³/mol. The van der Waals surface area contributed by atoms with E-state index in [4.69, 9.17) is 0 Å². The summed E-state index contributed by atoms with van der Waals surface area (Å²) in [6.45, 7) is 2.35. The molecule has 3 aromatic rings. The van der Waals surface area contributed by atoms with Crippen molar-refractivity contribution in [2.45, 2.75) is 13.5 Å². The molecular weight excluding hydrogens is 318 g/mol. The number of benzene rings is 1. The van der Waals surface area contributed by atoms with Gasteiger partial charge in [0.2, 0.25) is 0 Å². The molecule has 2 N–H and O–H groups in total. The van der Waals surface area contributed by atoms with Crippen LogP contribution in [-0.4, -0.2) is 49.2 Å². The van der Waals surface area contributed by atoms with Crippen molar-refractivity contribution in [2.24, 2.45) is 0 Å². The van der Waals surface area contributed by atoms with Crippen molar-refractivity contribution < 1.29 is 9.90 Å². The number of rotatable bonds is 6. The first-order valence-corrected chi connectivity index (χ1v) is 7.96. The van der Waals surface area contributed by atoms with Crippen LogP contribution in [0.15, 0.2) is 48.8 Å². The van der Waals surface area contributed by atoms with Gasteiger partial charge in [-0.25, -0.2) is 4.98 Å². The summed E-state index contributed by atoms with van der Waals surface area (Å²) >= 11 is 0. The summed E-state index contributed by atoms with van der Waals surface area (Å²) in [5.41, 5.74) is 2.20. The lowest BCUT2D eigenvalue weighted by Crippen LogP contribution is -2.33. The molecule has 1 aromatic carbocycles. The molecule has 2 heterocycles. The van der Waals surface area contributed by atoms with Gasteiger partial charge < -0.3 is 10.0 Å². The van der Waals surface area contributed by atoms with Gasteiger partial charge in [0.15, 0.2) is 5.82 Å². The van der Waals surface area contributed by atoms with Crippen LogP contribution in [-0.2, 0) is 6.54 Å². The Labute approximate surface area is 145 Å². The Hall–Kier alpha value is -3.06. The standard InChI is InChI=1S/C18H19N5O2/c1-13-20-17(22-21-13)15-5-2-6-16(10-15)18(25)23(8-9-24)12-14-4-3-7-19-11-14/h2-7,10-11,24H,8-9,12H2,1H3,(H,20,21,22). The highest BCUT2D eigenvalue weighted by atomic mass is 16.3. The topological polar surface area (TPSA) is 95.0 Å². The monoisotopic (exact) mass is 337 g/mol. The number of amides is 1. The summed E-state index contributed by atoms with van der Waals surface area (Å²) < 4.78 is 0. The van der Waals surface area contributed by atoms with Gasteiger partial charge in [-0.1, -0.05) is 18.2 Å². The van der Waals surface area contributed by atoms with Crippen LogP contribution in [0.1, 0.15) is 21.7 Å². The largest absolute Gasteiger partial charge is 0.395 e. The summed E-state index contributed by atoms with van der Waals surface area (Å²) in [6.07, 6.45) is 3.40. The van der Waals surface area contributed by atoms with Gasteiger partial charge in [-0.15, -0.1) is 0 Å². The quantitative estimate of drug-likeness (QED) is 0.715. The van der Waals surface area contributed by atoms with Crippen molar-refractivity contribution in [2.75, 3.05) is 13.2 Å². The van der Waals surface area contributed by atoms with Gasteiger partial charge in [0, 0.05) is 36.6 Å². The normalized spacial score (nSPS) is 10.6. The highest BCUT2D eigenvalue weighted by Gasteiger charge is 2.17. The maximum atomic E-state index is 12.9. The number of aliphatic hydroxyl groups is 1. The van der Waals surface area contributed by atoms with Crippen molar-refractivity contribution in [1.29, 1.82) is 0 Å². The zero-order valence-electron chi connectivity index (χ0n) is 13.9. The van der Waals surface area contributed by atoms with E-state index in [1.807, 2.05) is 25.1 Å². The number of aromatic amines is 1. The summed E-state index contributed by atoms with van der Waals surface area (Å²) in [5.74, 6) is 1.10. The molecule has 7 heteroatoms. The summed E-state index contributed by atoms with van der Waals surface area (Å²) in [5, 5.41) is 16.2. The van der Waals surface area contributed by atoms with Crippen molar-refractivity contribution in [1.82, 2.24) is 25.1 Å². The number of aromatic nitrogens is 4. The molecule has 128 valence electrons. The highest BCUT2D eigenvalue weighted by molar-refractivity contribution is 5.95. The van der Waals surface area contributed by atoms with Crippen LogP contribution in [0.4, 0.5) is 0 Å². The van der Waals surface area contributed by atoms with Gasteiger partial charge >= 0.3 is 0 Å². The van der Waals surface area contributed by atoms with Crippen LogP contribution < -0.4 is 0 Å². The third kappa shape index (κ3) is 4.07. The molecule has 0 saturated carbocycles. The maximum Gasteiger partial charge on any atom is 0.254 e. The summed E-state index contributed by atoms with van der Waals surface area (Å²) in [6, 6.07) is 10.9. The summed E-state index contributed by atoms with van der Waals surface area (Å²) in [4.78, 5) is 22.8. The van der Waals surface area contributed by atoms with E-state index in [9.17, 15) is 9.90 Å². The fourth-order valence-corrected chi connectivity index (χ4v) is 2.53. The zero-order valence-corrected chi connectivity index (χ0v) is 13.9.